The summed E-state index contributed by atoms with van der Waals surface area (Å²) < 4.78 is 5.21. The molecule has 2 amide bonds. The minimum Gasteiger partial charge on any atom is -0.497 e. The minimum absolute atomic E-state index is 0.0875. The van der Waals surface area contributed by atoms with Crippen LogP contribution in [-0.4, -0.2) is 24.5 Å². The van der Waals surface area contributed by atoms with Gasteiger partial charge in [0.15, 0.2) is 0 Å². The highest BCUT2D eigenvalue weighted by atomic mass is 16.5. The van der Waals surface area contributed by atoms with Crippen LogP contribution in [0.3, 0.4) is 0 Å². The summed E-state index contributed by atoms with van der Waals surface area (Å²) in [5, 5.41) is 3.27. The largest absolute Gasteiger partial charge is 0.497 e. The quantitative estimate of drug-likeness (QED) is 0.889. The first-order chi connectivity index (χ1) is 11.4. The van der Waals surface area contributed by atoms with Crippen molar-refractivity contribution in [3.8, 4) is 5.75 Å². The van der Waals surface area contributed by atoms with E-state index in [1.165, 1.54) is 6.42 Å². The highest BCUT2D eigenvalue weighted by Crippen LogP contribution is 2.61. The SMILES string of the molecule is COc1cccc(C(=O)NC23CC4CC(C2)CC(C(N)=O)(C4)C3)c1. The van der Waals surface area contributed by atoms with Crippen LogP contribution in [0.15, 0.2) is 24.3 Å². The van der Waals surface area contributed by atoms with Crippen LogP contribution in [0, 0.1) is 17.3 Å². The Morgan fingerprint density at radius 3 is 2.54 bits per heavy atom. The van der Waals surface area contributed by atoms with Gasteiger partial charge in [-0.25, -0.2) is 0 Å². The van der Waals surface area contributed by atoms with Crippen LogP contribution in [0.4, 0.5) is 0 Å². The zero-order chi connectivity index (χ0) is 16.9. The molecule has 5 heteroatoms. The van der Waals surface area contributed by atoms with Gasteiger partial charge in [-0.2, -0.15) is 0 Å². The Balaban J connectivity index is 1.59. The molecule has 4 aliphatic carbocycles. The zero-order valence-electron chi connectivity index (χ0n) is 14.0. The van der Waals surface area contributed by atoms with E-state index in [-0.39, 0.29) is 17.4 Å². The summed E-state index contributed by atoms with van der Waals surface area (Å²) in [6.45, 7) is 0. The van der Waals surface area contributed by atoms with Crippen LogP contribution in [0.25, 0.3) is 0 Å². The van der Waals surface area contributed by atoms with Crippen molar-refractivity contribution in [1.82, 2.24) is 5.32 Å². The third-order valence-corrected chi connectivity index (χ3v) is 6.29. The van der Waals surface area contributed by atoms with Gasteiger partial charge in [-0.1, -0.05) is 6.07 Å². The molecule has 0 spiro atoms. The molecule has 4 fully saturated rings. The number of carbonyl (C=O) groups excluding carboxylic acids is 2. The first-order valence-corrected chi connectivity index (χ1v) is 8.70. The number of rotatable bonds is 4. The van der Waals surface area contributed by atoms with Crippen molar-refractivity contribution >= 4 is 11.8 Å². The van der Waals surface area contributed by atoms with Gasteiger partial charge in [0.05, 0.1) is 12.5 Å². The Labute approximate surface area is 141 Å². The van der Waals surface area contributed by atoms with Gasteiger partial charge in [0.2, 0.25) is 5.91 Å². The molecule has 3 N–H and O–H groups in total. The third-order valence-electron chi connectivity index (χ3n) is 6.29. The van der Waals surface area contributed by atoms with E-state index in [1.54, 1.807) is 19.2 Å². The molecule has 1 aromatic rings. The number of hydrogen-bond donors (Lipinski definition) is 2. The van der Waals surface area contributed by atoms with Gasteiger partial charge in [0.1, 0.15) is 5.75 Å². The molecule has 4 bridgehead atoms. The topological polar surface area (TPSA) is 81.4 Å². The number of nitrogens with one attached hydrogen (secondary N) is 1. The number of amides is 2. The number of carbonyl (C=O) groups is 2. The molecule has 24 heavy (non-hydrogen) atoms. The van der Waals surface area contributed by atoms with E-state index >= 15 is 0 Å². The maximum atomic E-state index is 12.8. The molecule has 5 rings (SSSR count). The summed E-state index contributed by atoms with van der Waals surface area (Å²) in [5.41, 5.74) is 5.67. The fourth-order valence-corrected chi connectivity index (χ4v) is 5.77. The van der Waals surface area contributed by atoms with Crippen LogP contribution in [0.1, 0.15) is 48.9 Å². The average Bonchev–Trinajstić information content (AvgIpc) is 2.53. The van der Waals surface area contributed by atoms with E-state index in [9.17, 15) is 9.59 Å². The average molecular weight is 328 g/mol. The first-order valence-electron chi connectivity index (χ1n) is 8.70. The highest BCUT2D eigenvalue weighted by Gasteiger charge is 2.60. The van der Waals surface area contributed by atoms with E-state index in [4.69, 9.17) is 10.5 Å². The minimum atomic E-state index is -0.411. The van der Waals surface area contributed by atoms with Crippen LogP contribution in [0.2, 0.25) is 0 Å². The van der Waals surface area contributed by atoms with E-state index in [0.717, 1.165) is 25.7 Å². The second-order valence-corrected chi connectivity index (χ2v) is 8.07. The number of primary amides is 1. The number of ether oxygens (including phenoxy) is 1. The lowest BCUT2D eigenvalue weighted by atomic mass is 9.46. The van der Waals surface area contributed by atoms with Crippen LogP contribution in [0.5, 0.6) is 5.75 Å². The molecule has 4 aliphatic rings. The van der Waals surface area contributed by atoms with Crippen molar-refractivity contribution in [1.29, 1.82) is 0 Å². The van der Waals surface area contributed by atoms with Gasteiger partial charge >= 0.3 is 0 Å². The number of nitrogens with two attached hydrogens (primary N) is 1. The predicted molar refractivity (Wildman–Crippen MR) is 89.5 cm³/mol. The number of methoxy groups -OCH3 is 1. The zero-order valence-corrected chi connectivity index (χ0v) is 14.0. The van der Waals surface area contributed by atoms with Crippen molar-refractivity contribution in [2.24, 2.45) is 23.0 Å². The summed E-state index contributed by atoms with van der Waals surface area (Å²) in [6, 6.07) is 7.18. The number of hydrogen-bond acceptors (Lipinski definition) is 3. The summed E-state index contributed by atoms with van der Waals surface area (Å²) in [4.78, 5) is 24.9. The molecule has 4 saturated carbocycles. The first kappa shape index (κ1) is 15.5. The molecule has 5 nitrogen and oxygen atoms in total. The predicted octanol–water partition coefficient (Wildman–Crippen LogP) is 2.25. The van der Waals surface area contributed by atoms with Crippen molar-refractivity contribution in [3.05, 3.63) is 29.8 Å². The monoisotopic (exact) mass is 328 g/mol. The van der Waals surface area contributed by atoms with Gasteiger partial charge in [-0.15, -0.1) is 0 Å². The molecule has 0 aliphatic heterocycles. The second-order valence-electron chi connectivity index (χ2n) is 8.07. The Morgan fingerprint density at radius 2 is 1.92 bits per heavy atom. The fraction of sp³-hybridized carbons (Fsp3) is 0.579. The van der Waals surface area contributed by atoms with Crippen LogP contribution in [-0.2, 0) is 4.79 Å². The molecule has 2 atom stereocenters. The Bertz CT molecular complexity index is 686. The Hall–Kier alpha value is -2.04. The smallest absolute Gasteiger partial charge is 0.251 e. The van der Waals surface area contributed by atoms with Crippen molar-refractivity contribution in [2.45, 2.75) is 44.1 Å². The van der Waals surface area contributed by atoms with E-state index in [0.29, 0.717) is 29.6 Å². The Kier molecular flexibility index (Phi) is 3.37. The van der Waals surface area contributed by atoms with Gasteiger partial charge in [0, 0.05) is 11.1 Å². The Morgan fingerprint density at radius 1 is 1.21 bits per heavy atom. The van der Waals surface area contributed by atoms with E-state index < -0.39 is 5.41 Å². The van der Waals surface area contributed by atoms with Crippen molar-refractivity contribution < 1.29 is 14.3 Å². The highest BCUT2D eigenvalue weighted by molar-refractivity contribution is 5.95. The molecular weight excluding hydrogens is 304 g/mol. The van der Waals surface area contributed by atoms with E-state index in [2.05, 4.69) is 5.32 Å². The molecule has 0 radical (unpaired) electrons. The van der Waals surface area contributed by atoms with Gasteiger partial charge < -0.3 is 15.8 Å². The maximum absolute atomic E-state index is 12.8. The number of benzene rings is 1. The van der Waals surface area contributed by atoms with Crippen LogP contribution >= 0.6 is 0 Å². The van der Waals surface area contributed by atoms with Gasteiger partial charge in [-0.3, -0.25) is 9.59 Å². The molecule has 2 unspecified atom stereocenters. The summed E-state index contributed by atoms with van der Waals surface area (Å²) >= 11 is 0. The van der Waals surface area contributed by atoms with E-state index in [1.807, 2.05) is 12.1 Å². The second kappa shape index (κ2) is 5.23. The standard InChI is InChI=1S/C19H24N2O3/c1-24-15-4-2-3-14(6-15)16(22)21-19-9-12-5-13(10-19)8-18(7-12,11-19)17(20)23/h2-4,6,12-13H,5,7-11H2,1H3,(H2,20,23)(H,21,22). The third kappa shape index (κ3) is 2.38. The molecule has 128 valence electrons. The van der Waals surface area contributed by atoms with Gasteiger partial charge in [0.25, 0.3) is 5.91 Å². The molecule has 0 heterocycles. The van der Waals surface area contributed by atoms with Crippen LogP contribution < -0.4 is 15.8 Å². The molecule has 1 aromatic carbocycles. The summed E-state index contributed by atoms with van der Waals surface area (Å²) in [7, 11) is 1.59. The summed E-state index contributed by atoms with van der Waals surface area (Å²) in [6.07, 6.45) is 5.59. The lowest BCUT2D eigenvalue weighted by Crippen LogP contribution is -2.65. The summed E-state index contributed by atoms with van der Waals surface area (Å²) in [5.74, 6) is 1.41. The molecular formula is C19H24N2O3. The maximum Gasteiger partial charge on any atom is 0.251 e. The fourth-order valence-electron chi connectivity index (χ4n) is 5.77. The lowest BCUT2D eigenvalue weighted by Gasteiger charge is -2.61. The van der Waals surface area contributed by atoms with Crippen molar-refractivity contribution in [2.75, 3.05) is 7.11 Å². The molecule has 0 saturated heterocycles. The lowest BCUT2D eigenvalue weighted by molar-refractivity contribution is -0.146. The van der Waals surface area contributed by atoms with Gasteiger partial charge in [-0.05, 0) is 68.6 Å². The van der Waals surface area contributed by atoms with Crippen molar-refractivity contribution in [3.63, 3.8) is 0 Å². The normalized spacial score (nSPS) is 36.4. The molecule has 0 aromatic heterocycles.